The van der Waals surface area contributed by atoms with E-state index >= 15 is 0 Å². The maximum Gasteiger partial charge on any atom is 0.330 e. The van der Waals surface area contributed by atoms with E-state index in [1.54, 1.807) is 14.1 Å². The summed E-state index contributed by atoms with van der Waals surface area (Å²) in [5.41, 5.74) is 5.00. The fourth-order valence-electron chi connectivity index (χ4n) is 1.78. The number of aryl methyl sites for hydroxylation is 1. The van der Waals surface area contributed by atoms with Crippen molar-refractivity contribution in [3.05, 3.63) is 32.6 Å². The molecular formula is C12H20N4O3. The lowest BCUT2D eigenvalue weighted by molar-refractivity contribution is -0.130. The molecule has 0 aliphatic rings. The second-order valence-electron chi connectivity index (χ2n) is 4.55. The molecule has 0 spiro atoms. The van der Waals surface area contributed by atoms with Gasteiger partial charge < -0.3 is 15.2 Å². The van der Waals surface area contributed by atoms with Gasteiger partial charge in [0.2, 0.25) is 5.91 Å². The largest absolute Gasteiger partial charge is 0.341 e. The summed E-state index contributed by atoms with van der Waals surface area (Å²) in [4.78, 5) is 36.7. The molecule has 7 nitrogen and oxygen atoms in total. The molecule has 0 unspecified atom stereocenters. The van der Waals surface area contributed by atoms with Crippen LogP contribution < -0.4 is 17.0 Å². The molecule has 0 atom stereocenters. The van der Waals surface area contributed by atoms with Crippen molar-refractivity contribution in [2.45, 2.75) is 19.4 Å². The Morgan fingerprint density at radius 3 is 2.58 bits per heavy atom. The maximum atomic E-state index is 11.9. The number of rotatable bonds is 5. The minimum absolute atomic E-state index is 0.0682. The van der Waals surface area contributed by atoms with Crippen LogP contribution in [0.5, 0.6) is 0 Å². The van der Waals surface area contributed by atoms with E-state index < -0.39 is 0 Å². The standard InChI is InChI=1S/C12H20N4O3/c1-14(10(17)5-4-6-13)7-9-8-15(2)12(19)16(3)11(9)18/h8H,4-7,13H2,1-3H3. The third-order valence-corrected chi connectivity index (χ3v) is 2.95. The van der Waals surface area contributed by atoms with E-state index in [4.69, 9.17) is 5.73 Å². The lowest BCUT2D eigenvalue weighted by Gasteiger charge is -2.17. The number of amides is 1. The molecule has 0 bridgehead atoms. The van der Waals surface area contributed by atoms with E-state index in [-0.39, 0.29) is 23.7 Å². The van der Waals surface area contributed by atoms with Crippen LogP contribution in [0.2, 0.25) is 0 Å². The Kier molecular flexibility index (Phi) is 5.05. The molecule has 0 aliphatic carbocycles. The van der Waals surface area contributed by atoms with Crippen LogP contribution in [0, 0.1) is 0 Å². The molecule has 0 aromatic carbocycles. The van der Waals surface area contributed by atoms with Crippen molar-refractivity contribution in [2.75, 3.05) is 13.6 Å². The molecule has 106 valence electrons. The monoisotopic (exact) mass is 268 g/mol. The minimum Gasteiger partial charge on any atom is -0.341 e. The summed E-state index contributed by atoms with van der Waals surface area (Å²) in [6.45, 7) is 0.644. The molecule has 0 saturated carbocycles. The number of nitrogens with two attached hydrogens (primary N) is 1. The highest BCUT2D eigenvalue weighted by Gasteiger charge is 2.13. The van der Waals surface area contributed by atoms with Gasteiger partial charge in [-0.05, 0) is 13.0 Å². The molecule has 19 heavy (non-hydrogen) atoms. The Morgan fingerprint density at radius 2 is 2.00 bits per heavy atom. The maximum absolute atomic E-state index is 11.9. The van der Waals surface area contributed by atoms with Gasteiger partial charge in [0.25, 0.3) is 5.56 Å². The average Bonchev–Trinajstić information content (AvgIpc) is 2.39. The van der Waals surface area contributed by atoms with Crippen LogP contribution in [0.3, 0.4) is 0 Å². The molecule has 1 amide bonds. The molecule has 1 aromatic heterocycles. The van der Waals surface area contributed by atoms with E-state index in [2.05, 4.69) is 0 Å². The van der Waals surface area contributed by atoms with Gasteiger partial charge in [-0.3, -0.25) is 14.2 Å². The lowest BCUT2D eigenvalue weighted by Crippen LogP contribution is -2.40. The van der Waals surface area contributed by atoms with Gasteiger partial charge in [0.1, 0.15) is 0 Å². The lowest BCUT2D eigenvalue weighted by atomic mass is 10.2. The quantitative estimate of drug-likeness (QED) is 0.725. The SMILES string of the molecule is CN(Cc1cn(C)c(=O)n(C)c1=O)C(=O)CCCN. The average molecular weight is 268 g/mol. The molecule has 7 heteroatoms. The smallest absolute Gasteiger partial charge is 0.330 e. The second kappa shape index (κ2) is 6.33. The number of hydrogen-bond donors (Lipinski definition) is 1. The van der Waals surface area contributed by atoms with Crippen molar-refractivity contribution in [2.24, 2.45) is 19.8 Å². The van der Waals surface area contributed by atoms with Crippen molar-refractivity contribution < 1.29 is 4.79 Å². The third-order valence-electron chi connectivity index (χ3n) is 2.95. The fourth-order valence-corrected chi connectivity index (χ4v) is 1.78. The second-order valence-corrected chi connectivity index (χ2v) is 4.55. The number of aromatic nitrogens is 2. The van der Waals surface area contributed by atoms with Crippen LogP contribution in [0.4, 0.5) is 0 Å². The summed E-state index contributed by atoms with van der Waals surface area (Å²) < 4.78 is 2.36. The molecule has 0 radical (unpaired) electrons. The molecular weight excluding hydrogens is 248 g/mol. The Morgan fingerprint density at radius 1 is 1.37 bits per heavy atom. The van der Waals surface area contributed by atoms with E-state index in [1.807, 2.05) is 0 Å². The summed E-state index contributed by atoms with van der Waals surface area (Å²) in [7, 11) is 4.62. The van der Waals surface area contributed by atoms with E-state index in [9.17, 15) is 14.4 Å². The van der Waals surface area contributed by atoms with Crippen LogP contribution in [0.1, 0.15) is 18.4 Å². The first-order valence-corrected chi connectivity index (χ1v) is 6.08. The summed E-state index contributed by atoms with van der Waals surface area (Å²) in [5, 5.41) is 0. The van der Waals surface area contributed by atoms with Gasteiger partial charge >= 0.3 is 5.69 Å². The summed E-state index contributed by atoms with van der Waals surface area (Å²) in [6.07, 6.45) is 2.45. The number of carbonyl (C=O) groups excluding carboxylic acids is 1. The van der Waals surface area contributed by atoms with Gasteiger partial charge in [-0.1, -0.05) is 0 Å². The van der Waals surface area contributed by atoms with Crippen molar-refractivity contribution in [3.8, 4) is 0 Å². The predicted octanol–water partition coefficient (Wildman–Crippen LogP) is -1.22. The van der Waals surface area contributed by atoms with Crippen LogP contribution in [0.15, 0.2) is 15.8 Å². The number of carbonyl (C=O) groups is 1. The van der Waals surface area contributed by atoms with Gasteiger partial charge in [0.05, 0.1) is 12.1 Å². The molecule has 1 heterocycles. The zero-order valence-corrected chi connectivity index (χ0v) is 11.5. The van der Waals surface area contributed by atoms with Gasteiger partial charge in [-0.2, -0.15) is 0 Å². The number of hydrogen-bond acceptors (Lipinski definition) is 4. The van der Waals surface area contributed by atoms with Gasteiger partial charge in [0, 0.05) is 33.8 Å². The van der Waals surface area contributed by atoms with Crippen molar-refractivity contribution in [1.82, 2.24) is 14.0 Å². The van der Waals surface area contributed by atoms with Crippen molar-refractivity contribution in [3.63, 3.8) is 0 Å². The van der Waals surface area contributed by atoms with Gasteiger partial charge in [-0.15, -0.1) is 0 Å². The predicted molar refractivity (Wildman–Crippen MR) is 71.7 cm³/mol. The highest BCUT2D eigenvalue weighted by molar-refractivity contribution is 5.75. The molecule has 1 rings (SSSR count). The highest BCUT2D eigenvalue weighted by Crippen LogP contribution is 2.00. The first-order valence-electron chi connectivity index (χ1n) is 6.08. The van der Waals surface area contributed by atoms with Gasteiger partial charge in [-0.25, -0.2) is 4.79 Å². The normalized spacial score (nSPS) is 10.5. The summed E-state index contributed by atoms with van der Waals surface area (Å²) in [6, 6.07) is 0. The Bertz CT molecular complexity index is 573. The molecule has 1 aromatic rings. The van der Waals surface area contributed by atoms with Crippen LogP contribution in [0.25, 0.3) is 0 Å². The van der Waals surface area contributed by atoms with Gasteiger partial charge in [0.15, 0.2) is 0 Å². The Hall–Kier alpha value is -1.89. The topological polar surface area (TPSA) is 90.3 Å². The fraction of sp³-hybridized carbons (Fsp3) is 0.583. The Labute approximate surface area is 111 Å². The van der Waals surface area contributed by atoms with Crippen molar-refractivity contribution >= 4 is 5.91 Å². The zero-order valence-electron chi connectivity index (χ0n) is 11.5. The first kappa shape index (κ1) is 15.2. The molecule has 0 aliphatic heterocycles. The summed E-state index contributed by atoms with van der Waals surface area (Å²) >= 11 is 0. The Balaban J connectivity index is 2.92. The van der Waals surface area contributed by atoms with E-state index in [0.717, 1.165) is 4.57 Å². The summed E-state index contributed by atoms with van der Waals surface area (Å²) in [5.74, 6) is -0.0682. The first-order chi connectivity index (χ1) is 8.88. The molecule has 0 saturated heterocycles. The van der Waals surface area contributed by atoms with Crippen LogP contribution in [-0.2, 0) is 25.4 Å². The van der Waals surface area contributed by atoms with E-state index in [0.29, 0.717) is 24.9 Å². The molecule has 0 fully saturated rings. The highest BCUT2D eigenvalue weighted by atomic mass is 16.2. The zero-order chi connectivity index (χ0) is 14.6. The molecule has 2 N–H and O–H groups in total. The third kappa shape index (κ3) is 3.54. The van der Waals surface area contributed by atoms with Crippen LogP contribution >= 0.6 is 0 Å². The number of nitrogens with zero attached hydrogens (tertiary/aromatic N) is 3. The van der Waals surface area contributed by atoms with Crippen LogP contribution in [-0.4, -0.2) is 33.5 Å². The van der Waals surface area contributed by atoms with E-state index in [1.165, 1.54) is 22.7 Å². The minimum atomic E-state index is -0.383. The van der Waals surface area contributed by atoms with Crippen molar-refractivity contribution in [1.29, 1.82) is 0 Å².